The molecule has 3 aromatic rings. The van der Waals surface area contributed by atoms with Crippen molar-refractivity contribution < 1.29 is 4.74 Å². The lowest BCUT2D eigenvalue weighted by molar-refractivity contribution is 0.305. The molecule has 0 amide bonds. The molecule has 0 radical (unpaired) electrons. The Hall–Kier alpha value is -2.74. The molecule has 0 fully saturated rings. The van der Waals surface area contributed by atoms with Gasteiger partial charge in [0.2, 0.25) is 0 Å². The molecule has 7 nitrogen and oxygen atoms in total. The van der Waals surface area contributed by atoms with Crippen molar-refractivity contribution in [3.63, 3.8) is 0 Å². The normalized spacial score (nSPS) is 11.0. The van der Waals surface area contributed by atoms with Crippen LogP contribution in [0.5, 0.6) is 5.75 Å². The van der Waals surface area contributed by atoms with E-state index in [-0.39, 0.29) is 5.95 Å². The second-order valence-electron chi connectivity index (χ2n) is 4.63. The molecule has 0 aliphatic carbocycles. The number of anilines is 1. The Morgan fingerprint density at radius 3 is 2.87 bits per heavy atom. The molecule has 0 unspecified atom stereocenters. The van der Waals surface area contributed by atoms with Crippen molar-refractivity contribution in [1.82, 2.24) is 20.3 Å². The van der Waals surface area contributed by atoms with Crippen LogP contribution in [-0.4, -0.2) is 26.5 Å². The Balaban J connectivity index is 1.75. The minimum atomic E-state index is 0.119. The summed E-state index contributed by atoms with van der Waals surface area (Å²) < 4.78 is 6.89. The monoisotopic (exact) mass is 372 g/mol. The molecule has 1 aromatic heterocycles. The summed E-state index contributed by atoms with van der Waals surface area (Å²) in [7, 11) is 0. The smallest absolute Gasteiger partial charge is 0.263 e. The highest BCUT2D eigenvalue weighted by Gasteiger charge is 2.03. The first-order chi connectivity index (χ1) is 11.2. The van der Waals surface area contributed by atoms with Gasteiger partial charge in [0, 0.05) is 10.0 Å². The summed E-state index contributed by atoms with van der Waals surface area (Å²) in [6.07, 6.45) is 1.60. The molecule has 0 atom stereocenters. The number of hydrogen-bond donors (Lipinski definition) is 1. The molecule has 3 rings (SSSR count). The number of rotatable bonds is 5. The van der Waals surface area contributed by atoms with Gasteiger partial charge in [-0.15, -0.1) is 0 Å². The molecule has 0 aliphatic rings. The summed E-state index contributed by atoms with van der Waals surface area (Å²) in [5.74, 6) is 0.830. The SMILES string of the molecule is Nc1nnnn1N=Cc1ccccc1OCc1cccc(Br)c1. The molecule has 1 heterocycles. The van der Waals surface area contributed by atoms with Crippen LogP contribution in [0.15, 0.2) is 58.1 Å². The largest absolute Gasteiger partial charge is 0.488 e. The topological polar surface area (TPSA) is 91.2 Å². The van der Waals surface area contributed by atoms with Crippen molar-refractivity contribution in [1.29, 1.82) is 0 Å². The van der Waals surface area contributed by atoms with Crippen molar-refractivity contribution >= 4 is 28.1 Å². The predicted molar refractivity (Wildman–Crippen MR) is 90.1 cm³/mol. The number of halogens is 1. The number of aromatic nitrogens is 4. The maximum absolute atomic E-state index is 5.87. The van der Waals surface area contributed by atoms with Gasteiger partial charge in [0.1, 0.15) is 12.4 Å². The van der Waals surface area contributed by atoms with E-state index in [0.29, 0.717) is 12.4 Å². The third-order valence-corrected chi connectivity index (χ3v) is 3.48. The standard InChI is InChI=1S/C15H13BrN6O/c16-13-6-3-4-11(8-13)10-23-14-7-2-1-5-12(14)9-18-22-15(17)19-20-21-22/h1-9H,10H2,(H2,17,19,21). The molecule has 23 heavy (non-hydrogen) atoms. The fourth-order valence-electron chi connectivity index (χ4n) is 1.90. The van der Waals surface area contributed by atoms with E-state index in [2.05, 4.69) is 36.6 Å². The van der Waals surface area contributed by atoms with Gasteiger partial charge < -0.3 is 10.5 Å². The van der Waals surface area contributed by atoms with Crippen LogP contribution in [0, 0.1) is 0 Å². The summed E-state index contributed by atoms with van der Waals surface area (Å²) in [5, 5.41) is 14.8. The Morgan fingerprint density at radius 2 is 2.09 bits per heavy atom. The first-order valence-electron chi connectivity index (χ1n) is 6.77. The second-order valence-corrected chi connectivity index (χ2v) is 5.54. The van der Waals surface area contributed by atoms with E-state index in [0.717, 1.165) is 20.4 Å². The van der Waals surface area contributed by atoms with E-state index in [4.69, 9.17) is 10.5 Å². The average molecular weight is 373 g/mol. The van der Waals surface area contributed by atoms with Crippen LogP contribution in [0.25, 0.3) is 0 Å². The van der Waals surface area contributed by atoms with Crippen molar-refractivity contribution in [2.45, 2.75) is 6.61 Å². The van der Waals surface area contributed by atoms with Crippen molar-refractivity contribution in [2.75, 3.05) is 5.73 Å². The molecule has 8 heteroatoms. The number of nitrogen functional groups attached to an aromatic ring is 1. The summed E-state index contributed by atoms with van der Waals surface area (Å²) in [6.45, 7) is 0.456. The third kappa shape index (κ3) is 3.92. The second kappa shape index (κ2) is 7.01. The van der Waals surface area contributed by atoms with Crippen LogP contribution in [-0.2, 0) is 6.61 Å². The summed E-state index contributed by atoms with van der Waals surface area (Å²) in [5.41, 5.74) is 7.44. The van der Waals surface area contributed by atoms with Gasteiger partial charge in [0.05, 0.1) is 6.21 Å². The van der Waals surface area contributed by atoms with Crippen LogP contribution >= 0.6 is 15.9 Å². The van der Waals surface area contributed by atoms with E-state index in [1.54, 1.807) is 6.21 Å². The van der Waals surface area contributed by atoms with Gasteiger partial charge in [-0.05, 0) is 40.3 Å². The highest BCUT2D eigenvalue weighted by atomic mass is 79.9. The van der Waals surface area contributed by atoms with E-state index >= 15 is 0 Å². The first kappa shape index (κ1) is 15.2. The lowest BCUT2D eigenvalue weighted by Gasteiger charge is -2.09. The van der Waals surface area contributed by atoms with Crippen LogP contribution < -0.4 is 10.5 Å². The predicted octanol–water partition coefficient (Wildman–Crippen LogP) is 2.48. The van der Waals surface area contributed by atoms with Gasteiger partial charge >= 0.3 is 0 Å². The molecule has 0 saturated carbocycles. The molecule has 0 spiro atoms. The zero-order chi connectivity index (χ0) is 16.1. The highest BCUT2D eigenvalue weighted by Crippen LogP contribution is 2.19. The van der Waals surface area contributed by atoms with Gasteiger partial charge in [0.15, 0.2) is 0 Å². The first-order valence-corrected chi connectivity index (χ1v) is 7.56. The van der Waals surface area contributed by atoms with Crippen LogP contribution in [0.4, 0.5) is 5.95 Å². The number of nitrogens with zero attached hydrogens (tertiary/aromatic N) is 5. The Labute approximate surface area is 140 Å². The molecule has 0 bridgehead atoms. The quantitative estimate of drug-likeness (QED) is 0.694. The maximum atomic E-state index is 5.87. The van der Waals surface area contributed by atoms with E-state index < -0.39 is 0 Å². The van der Waals surface area contributed by atoms with Gasteiger partial charge in [0.25, 0.3) is 5.95 Å². The zero-order valence-electron chi connectivity index (χ0n) is 12.0. The number of benzene rings is 2. The lowest BCUT2D eigenvalue weighted by Crippen LogP contribution is -2.01. The molecular formula is C15H13BrN6O. The van der Waals surface area contributed by atoms with Crippen LogP contribution in [0.2, 0.25) is 0 Å². The van der Waals surface area contributed by atoms with Gasteiger partial charge in [-0.25, -0.2) is 0 Å². The minimum absolute atomic E-state index is 0.119. The summed E-state index contributed by atoms with van der Waals surface area (Å²) >= 11 is 3.45. The number of ether oxygens (including phenoxy) is 1. The van der Waals surface area contributed by atoms with Crippen molar-refractivity contribution in [3.05, 3.63) is 64.1 Å². The van der Waals surface area contributed by atoms with E-state index in [1.807, 2.05) is 48.5 Å². The Morgan fingerprint density at radius 1 is 1.22 bits per heavy atom. The molecule has 116 valence electrons. The molecule has 2 N–H and O–H groups in total. The highest BCUT2D eigenvalue weighted by molar-refractivity contribution is 9.10. The molecule has 2 aromatic carbocycles. The fourth-order valence-corrected chi connectivity index (χ4v) is 2.34. The number of para-hydroxylation sites is 1. The zero-order valence-corrected chi connectivity index (χ0v) is 13.6. The van der Waals surface area contributed by atoms with Crippen LogP contribution in [0.3, 0.4) is 0 Å². The average Bonchev–Trinajstić information content (AvgIpc) is 2.97. The number of hydrogen-bond acceptors (Lipinski definition) is 6. The van der Waals surface area contributed by atoms with E-state index in [1.165, 1.54) is 0 Å². The molecular weight excluding hydrogens is 360 g/mol. The van der Waals surface area contributed by atoms with Crippen molar-refractivity contribution in [3.8, 4) is 5.75 Å². The molecule has 0 aliphatic heterocycles. The lowest BCUT2D eigenvalue weighted by atomic mass is 10.2. The van der Waals surface area contributed by atoms with Crippen molar-refractivity contribution in [2.24, 2.45) is 5.10 Å². The third-order valence-electron chi connectivity index (χ3n) is 2.99. The minimum Gasteiger partial charge on any atom is -0.488 e. The van der Waals surface area contributed by atoms with Crippen LogP contribution in [0.1, 0.15) is 11.1 Å². The van der Waals surface area contributed by atoms with E-state index in [9.17, 15) is 0 Å². The summed E-state index contributed by atoms with van der Waals surface area (Å²) in [6, 6.07) is 15.5. The Bertz CT molecular complexity index is 832. The number of tetrazole rings is 1. The fraction of sp³-hybridized carbons (Fsp3) is 0.0667. The maximum Gasteiger partial charge on any atom is 0.263 e. The Kier molecular flexibility index (Phi) is 4.62. The molecule has 0 saturated heterocycles. The summed E-state index contributed by atoms with van der Waals surface area (Å²) in [4.78, 5) is 1.14. The van der Waals surface area contributed by atoms with Gasteiger partial charge in [-0.2, -0.15) is 5.10 Å². The van der Waals surface area contributed by atoms with Gasteiger partial charge in [-0.1, -0.05) is 50.1 Å². The van der Waals surface area contributed by atoms with Gasteiger partial charge in [-0.3, -0.25) is 0 Å². The number of nitrogens with two attached hydrogens (primary N) is 1.